The van der Waals surface area contributed by atoms with Gasteiger partial charge in [-0.15, -0.1) is 11.3 Å². The van der Waals surface area contributed by atoms with Crippen molar-refractivity contribution in [2.24, 2.45) is 0 Å². The highest BCUT2D eigenvalue weighted by Gasteiger charge is 2.18. The number of aromatic nitrogens is 1. The Kier molecular flexibility index (Phi) is 3.91. The van der Waals surface area contributed by atoms with E-state index in [0.717, 1.165) is 5.01 Å². The topological polar surface area (TPSA) is 48.4 Å². The third-order valence-corrected chi connectivity index (χ3v) is 2.59. The predicted octanol–water partition coefficient (Wildman–Crippen LogP) is 2.36. The quantitative estimate of drug-likeness (QED) is 0.635. The molecule has 6 heteroatoms. The van der Waals surface area contributed by atoms with Crippen LogP contribution < -0.4 is 3.07 Å². The zero-order valence-corrected chi connectivity index (χ0v) is 10.1. The molecule has 0 aliphatic heterocycles. The van der Waals surface area contributed by atoms with Crippen molar-refractivity contribution in [1.82, 2.24) is 4.98 Å². The van der Waals surface area contributed by atoms with Crippen LogP contribution in [0.1, 0.15) is 21.6 Å². The van der Waals surface area contributed by atoms with Crippen molar-refractivity contribution >= 4 is 40.3 Å². The third kappa shape index (κ3) is 2.53. The molecule has 0 saturated heterocycles. The Morgan fingerprint density at radius 1 is 1.69 bits per heavy atom. The number of hydrogen-bond donors (Lipinski definition) is 0. The van der Waals surface area contributed by atoms with Crippen LogP contribution in [0.15, 0.2) is 0 Å². The molecular formula is C7H8INO3S. The van der Waals surface area contributed by atoms with Gasteiger partial charge in [-0.2, -0.15) is 0 Å². The van der Waals surface area contributed by atoms with Crippen LogP contribution >= 0.6 is 34.3 Å². The zero-order chi connectivity index (χ0) is 9.84. The molecule has 0 unspecified atom stereocenters. The first-order chi connectivity index (χ1) is 6.19. The van der Waals surface area contributed by atoms with E-state index in [-0.39, 0.29) is 5.97 Å². The van der Waals surface area contributed by atoms with Gasteiger partial charge in [0.2, 0.25) is 0 Å². The molecule has 0 aromatic carbocycles. The normalized spacial score (nSPS) is 9.77. The summed E-state index contributed by atoms with van der Waals surface area (Å²) in [5, 5.41) is 0.787. The number of ether oxygens (including phenoxy) is 1. The van der Waals surface area contributed by atoms with Crippen molar-refractivity contribution in [2.75, 3.05) is 6.61 Å². The summed E-state index contributed by atoms with van der Waals surface area (Å²) in [6.45, 7) is 3.93. The number of rotatable bonds is 3. The van der Waals surface area contributed by atoms with Crippen molar-refractivity contribution in [2.45, 2.75) is 13.8 Å². The second kappa shape index (κ2) is 4.75. The van der Waals surface area contributed by atoms with E-state index in [1.807, 2.05) is 6.92 Å². The summed E-state index contributed by atoms with van der Waals surface area (Å²) in [6, 6.07) is 0. The van der Waals surface area contributed by atoms with E-state index in [9.17, 15) is 4.79 Å². The van der Waals surface area contributed by atoms with Gasteiger partial charge in [0, 0.05) is 0 Å². The minimum atomic E-state index is -0.375. The summed E-state index contributed by atoms with van der Waals surface area (Å²) < 4.78 is 9.73. The van der Waals surface area contributed by atoms with Crippen LogP contribution in [-0.4, -0.2) is 17.6 Å². The molecule has 1 aromatic rings. The summed E-state index contributed by atoms with van der Waals surface area (Å²) in [5.74, 6) is -0.0404. The minimum absolute atomic E-state index is 0.335. The van der Waals surface area contributed by atoms with E-state index in [1.165, 1.54) is 11.3 Å². The second-order valence-electron chi connectivity index (χ2n) is 2.16. The predicted molar refractivity (Wildman–Crippen MR) is 57.5 cm³/mol. The third-order valence-electron chi connectivity index (χ3n) is 1.24. The van der Waals surface area contributed by atoms with Gasteiger partial charge in [-0.3, -0.25) is 0 Å². The van der Waals surface area contributed by atoms with E-state index in [0.29, 0.717) is 17.4 Å². The van der Waals surface area contributed by atoms with Crippen LogP contribution in [0.3, 0.4) is 0 Å². The summed E-state index contributed by atoms with van der Waals surface area (Å²) in [4.78, 5) is 15.7. The highest BCUT2D eigenvalue weighted by Crippen LogP contribution is 2.26. The van der Waals surface area contributed by atoms with Crippen molar-refractivity contribution in [1.29, 1.82) is 0 Å². The van der Waals surface area contributed by atoms with Crippen LogP contribution in [0.2, 0.25) is 0 Å². The first kappa shape index (κ1) is 10.7. The molecule has 0 aliphatic carbocycles. The Labute approximate surface area is 94.0 Å². The molecule has 0 atom stereocenters. The monoisotopic (exact) mass is 313 g/mol. The molecule has 72 valence electrons. The van der Waals surface area contributed by atoms with Crippen LogP contribution in [-0.2, 0) is 4.74 Å². The van der Waals surface area contributed by atoms with Gasteiger partial charge in [-0.05, 0) is 13.8 Å². The maximum atomic E-state index is 11.3. The maximum Gasteiger partial charge on any atom is 0.354 e. The molecular weight excluding hydrogens is 305 g/mol. The molecule has 0 aliphatic rings. The van der Waals surface area contributed by atoms with Gasteiger partial charge in [0.05, 0.1) is 11.6 Å². The Morgan fingerprint density at radius 2 is 2.38 bits per heavy atom. The van der Waals surface area contributed by atoms with E-state index in [1.54, 1.807) is 29.9 Å². The fraction of sp³-hybridized carbons (Fsp3) is 0.429. The molecule has 0 radical (unpaired) electrons. The smallest absolute Gasteiger partial charge is 0.354 e. The van der Waals surface area contributed by atoms with E-state index in [2.05, 4.69) is 4.98 Å². The van der Waals surface area contributed by atoms with Gasteiger partial charge in [-0.25, -0.2) is 9.78 Å². The van der Waals surface area contributed by atoms with E-state index < -0.39 is 0 Å². The van der Waals surface area contributed by atoms with Gasteiger partial charge in [0.1, 0.15) is 0 Å². The van der Waals surface area contributed by atoms with Gasteiger partial charge >= 0.3 is 5.97 Å². The van der Waals surface area contributed by atoms with E-state index >= 15 is 0 Å². The summed E-state index contributed by atoms with van der Waals surface area (Å²) in [7, 11) is 0. The first-order valence-corrected chi connectivity index (χ1v) is 5.32. The lowest BCUT2D eigenvalue weighted by atomic mass is 10.5. The summed E-state index contributed by atoms with van der Waals surface area (Å²) in [6.07, 6.45) is 0. The number of hydrogen-bond acceptors (Lipinski definition) is 5. The molecule has 4 nitrogen and oxygen atoms in total. The van der Waals surface area contributed by atoms with Gasteiger partial charge < -0.3 is 7.80 Å². The molecule has 0 fully saturated rings. The van der Waals surface area contributed by atoms with E-state index in [4.69, 9.17) is 7.80 Å². The highest BCUT2D eigenvalue weighted by molar-refractivity contribution is 14.1. The highest BCUT2D eigenvalue weighted by atomic mass is 127. The minimum Gasteiger partial charge on any atom is -0.462 e. The molecule has 13 heavy (non-hydrogen) atoms. The van der Waals surface area contributed by atoms with Gasteiger partial charge in [0.15, 0.2) is 27.9 Å². The van der Waals surface area contributed by atoms with Gasteiger partial charge in [0.25, 0.3) is 5.88 Å². The molecule has 1 heterocycles. The molecule has 0 saturated carbocycles. The largest absolute Gasteiger partial charge is 0.462 e. The number of carbonyl (C=O) groups is 1. The average Bonchev–Trinajstić information content (AvgIpc) is 2.47. The molecule has 0 spiro atoms. The average molecular weight is 313 g/mol. The first-order valence-electron chi connectivity index (χ1n) is 3.62. The molecule has 0 bridgehead atoms. The number of nitrogens with zero attached hydrogens (tertiary/aromatic N) is 1. The summed E-state index contributed by atoms with van der Waals surface area (Å²) in [5.41, 5.74) is 0. The maximum absolute atomic E-state index is 11.3. The molecule has 0 N–H and O–H groups in total. The fourth-order valence-electron chi connectivity index (χ4n) is 0.786. The van der Waals surface area contributed by atoms with Crippen LogP contribution in [0.25, 0.3) is 0 Å². The Morgan fingerprint density at radius 3 is 2.92 bits per heavy atom. The lowest BCUT2D eigenvalue weighted by Gasteiger charge is -1.98. The number of halogens is 1. The van der Waals surface area contributed by atoms with Crippen molar-refractivity contribution in [3.05, 3.63) is 9.88 Å². The van der Waals surface area contributed by atoms with Crippen LogP contribution in [0.4, 0.5) is 0 Å². The number of carbonyl (C=O) groups excluding carboxylic acids is 1. The standard InChI is InChI=1S/C7H8INO3S/c1-3-11-7(10)5-6(12-8)9-4(2)13-5/h3H2,1-2H3. The number of aryl methyl sites for hydroxylation is 1. The lowest BCUT2D eigenvalue weighted by molar-refractivity contribution is 0.0530. The van der Waals surface area contributed by atoms with Crippen LogP contribution in [0, 0.1) is 6.92 Å². The number of thiazole rings is 1. The lowest BCUT2D eigenvalue weighted by Crippen LogP contribution is -2.03. The van der Waals surface area contributed by atoms with Gasteiger partial charge in [-0.1, -0.05) is 0 Å². The number of esters is 1. The molecule has 0 amide bonds. The Bertz CT molecular complexity index is 313. The molecule has 1 rings (SSSR count). The van der Waals surface area contributed by atoms with Crippen molar-refractivity contribution in [3.63, 3.8) is 0 Å². The van der Waals surface area contributed by atoms with Crippen molar-refractivity contribution < 1.29 is 12.6 Å². The SMILES string of the molecule is CCOC(=O)c1sc(C)nc1OI. The Balaban J connectivity index is 2.91. The zero-order valence-electron chi connectivity index (χ0n) is 7.17. The van der Waals surface area contributed by atoms with Crippen LogP contribution in [0.5, 0.6) is 5.88 Å². The van der Waals surface area contributed by atoms with Crippen molar-refractivity contribution in [3.8, 4) is 5.88 Å². The fourth-order valence-corrected chi connectivity index (χ4v) is 1.99. The Hall–Kier alpha value is -0.370. The molecule has 1 aromatic heterocycles. The second-order valence-corrected chi connectivity index (χ2v) is 3.81. The summed E-state index contributed by atoms with van der Waals surface area (Å²) >= 11 is 2.96.